The van der Waals surface area contributed by atoms with Gasteiger partial charge in [0.2, 0.25) is 0 Å². The van der Waals surface area contributed by atoms with E-state index >= 15 is 0 Å². The predicted molar refractivity (Wildman–Crippen MR) is 92.3 cm³/mol. The van der Waals surface area contributed by atoms with Crippen LogP contribution in [0.2, 0.25) is 0 Å². The van der Waals surface area contributed by atoms with Crippen LogP contribution in [-0.2, 0) is 0 Å². The molecule has 4 heteroatoms. The minimum atomic E-state index is 0.469. The number of benzene rings is 1. The summed E-state index contributed by atoms with van der Waals surface area (Å²) in [6.45, 7) is 2.21. The van der Waals surface area contributed by atoms with Crippen LogP contribution in [0.1, 0.15) is 24.3 Å². The molecule has 0 fully saturated rings. The van der Waals surface area contributed by atoms with Gasteiger partial charge in [0, 0.05) is 23.8 Å². The lowest BCUT2D eigenvalue weighted by molar-refractivity contribution is 0.586. The summed E-state index contributed by atoms with van der Waals surface area (Å²) in [5.74, 6) is 0. The molecule has 18 heavy (non-hydrogen) atoms. The second-order valence-corrected chi connectivity index (χ2v) is 7.21. The van der Waals surface area contributed by atoms with Gasteiger partial charge in [0.1, 0.15) is 0 Å². The van der Waals surface area contributed by atoms with Gasteiger partial charge in [-0.25, -0.2) is 0 Å². The van der Waals surface area contributed by atoms with Gasteiger partial charge >= 0.3 is 0 Å². The topological polar surface area (TPSA) is 12.0 Å². The average molecular weight is 436 g/mol. The monoisotopic (exact) mass is 435 g/mol. The van der Waals surface area contributed by atoms with E-state index in [4.69, 9.17) is 0 Å². The molecule has 1 aromatic heterocycles. The molecule has 0 aliphatic rings. The van der Waals surface area contributed by atoms with Gasteiger partial charge in [-0.2, -0.15) is 0 Å². The molecule has 1 nitrogen and oxygen atoms in total. The van der Waals surface area contributed by atoms with E-state index in [0.29, 0.717) is 6.04 Å². The number of nitrogens with one attached hydrogen (secondary N) is 1. The second kappa shape index (κ2) is 6.50. The number of hydrogen-bond acceptors (Lipinski definition) is 2. The third-order valence-corrected chi connectivity index (χ3v) is 6.52. The van der Waals surface area contributed by atoms with Crippen LogP contribution >= 0.6 is 49.9 Å². The van der Waals surface area contributed by atoms with E-state index in [1.165, 1.54) is 18.9 Å². The number of rotatable bonds is 4. The zero-order chi connectivity index (χ0) is 13.1. The summed E-state index contributed by atoms with van der Waals surface area (Å²) in [5, 5.41) is 3.35. The van der Waals surface area contributed by atoms with Gasteiger partial charge in [-0.05, 0) is 81.8 Å². The quantitative estimate of drug-likeness (QED) is 0.629. The third kappa shape index (κ3) is 3.15. The van der Waals surface area contributed by atoms with Crippen molar-refractivity contribution in [2.45, 2.75) is 19.4 Å². The maximum Gasteiger partial charge on any atom is 0.0409 e. The van der Waals surface area contributed by atoms with Crippen molar-refractivity contribution in [1.82, 2.24) is 5.32 Å². The Morgan fingerprint density at radius 2 is 2.11 bits per heavy atom. The van der Waals surface area contributed by atoms with E-state index in [1.807, 2.05) is 18.4 Å². The Hall–Kier alpha value is 0.0900. The molecule has 1 atom stereocenters. The van der Waals surface area contributed by atoms with E-state index in [-0.39, 0.29) is 0 Å². The molecule has 2 aromatic rings. The summed E-state index contributed by atoms with van der Waals surface area (Å²) in [4.78, 5) is 2.74. The van der Waals surface area contributed by atoms with Crippen LogP contribution in [0, 0.1) is 3.57 Å². The Morgan fingerprint density at radius 1 is 1.33 bits per heavy atom. The first-order valence-electron chi connectivity index (χ1n) is 5.88. The summed E-state index contributed by atoms with van der Waals surface area (Å²) in [7, 11) is 2.02. The van der Waals surface area contributed by atoms with E-state index in [1.54, 1.807) is 0 Å². The van der Waals surface area contributed by atoms with Gasteiger partial charge in [0.15, 0.2) is 0 Å². The van der Waals surface area contributed by atoms with Gasteiger partial charge < -0.3 is 5.32 Å². The van der Waals surface area contributed by atoms with Gasteiger partial charge in [0.05, 0.1) is 0 Å². The van der Waals surface area contributed by atoms with Crippen molar-refractivity contribution < 1.29 is 0 Å². The fourth-order valence-electron chi connectivity index (χ4n) is 1.89. The molecule has 0 amide bonds. The molecule has 0 aliphatic heterocycles. The molecule has 0 saturated heterocycles. The Bertz CT molecular complexity index is 534. The van der Waals surface area contributed by atoms with Gasteiger partial charge in [0.25, 0.3) is 0 Å². The van der Waals surface area contributed by atoms with Crippen molar-refractivity contribution in [3.8, 4) is 10.4 Å². The molecule has 1 heterocycles. The Balaban J connectivity index is 2.31. The van der Waals surface area contributed by atoms with Crippen molar-refractivity contribution in [2.75, 3.05) is 7.05 Å². The summed E-state index contributed by atoms with van der Waals surface area (Å²) in [6.07, 6.45) is 1.12. The van der Waals surface area contributed by atoms with Crippen molar-refractivity contribution in [3.63, 3.8) is 0 Å². The lowest BCUT2D eigenvalue weighted by Crippen LogP contribution is -2.13. The molecule has 0 saturated carbocycles. The molecular formula is C14H15BrINS. The molecule has 1 unspecified atom stereocenters. The third-order valence-electron chi connectivity index (χ3n) is 2.93. The predicted octanol–water partition coefficient (Wildman–Crippen LogP) is 5.45. The van der Waals surface area contributed by atoms with Crippen molar-refractivity contribution in [3.05, 3.63) is 43.3 Å². The van der Waals surface area contributed by atoms with Gasteiger partial charge in [-0.15, -0.1) is 11.3 Å². The summed E-state index contributed by atoms with van der Waals surface area (Å²) in [6, 6.07) is 11.4. The first kappa shape index (κ1) is 14.5. The first-order valence-corrected chi connectivity index (χ1v) is 8.57. The lowest BCUT2D eigenvalue weighted by Gasteiger charge is -2.10. The minimum absolute atomic E-state index is 0.469. The zero-order valence-electron chi connectivity index (χ0n) is 10.3. The smallest absolute Gasteiger partial charge is 0.0409 e. The summed E-state index contributed by atoms with van der Waals surface area (Å²) < 4.78 is 2.41. The normalized spacial score (nSPS) is 12.7. The SMILES string of the molecule is CCC(NC)c1ccc(-c2ccc(I)c(Br)c2)s1. The molecule has 0 radical (unpaired) electrons. The van der Waals surface area contributed by atoms with Crippen LogP contribution in [0.3, 0.4) is 0 Å². The second-order valence-electron chi connectivity index (χ2n) is 4.08. The van der Waals surface area contributed by atoms with Crippen LogP contribution in [0.5, 0.6) is 0 Å². The van der Waals surface area contributed by atoms with Gasteiger partial charge in [-0.1, -0.05) is 13.0 Å². The number of thiophene rings is 1. The standard InChI is InChI=1S/C14H15BrINS/c1-3-12(17-2)14-7-6-13(18-14)9-4-5-11(16)10(15)8-9/h4-8,12,17H,3H2,1-2H3. The lowest BCUT2D eigenvalue weighted by atomic mass is 10.1. The average Bonchev–Trinajstić information content (AvgIpc) is 2.84. The Morgan fingerprint density at radius 3 is 2.72 bits per heavy atom. The fraction of sp³-hybridized carbons (Fsp3) is 0.286. The fourth-order valence-corrected chi connectivity index (χ4v) is 3.80. The molecule has 0 aliphatic carbocycles. The summed E-state index contributed by atoms with van der Waals surface area (Å²) in [5.41, 5.74) is 1.28. The molecule has 2 rings (SSSR count). The molecule has 96 valence electrons. The van der Waals surface area contributed by atoms with E-state index in [0.717, 1.165) is 10.9 Å². The molecule has 0 bridgehead atoms. The number of hydrogen-bond donors (Lipinski definition) is 1. The van der Waals surface area contributed by atoms with Crippen LogP contribution in [0.15, 0.2) is 34.8 Å². The molecule has 1 N–H and O–H groups in total. The van der Waals surface area contributed by atoms with Crippen molar-refractivity contribution in [1.29, 1.82) is 0 Å². The Kier molecular flexibility index (Phi) is 5.24. The molecule has 0 spiro atoms. The minimum Gasteiger partial charge on any atom is -0.312 e. The Labute approximate surface area is 134 Å². The molecular weight excluding hydrogens is 421 g/mol. The van der Waals surface area contributed by atoms with Gasteiger partial charge in [-0.3, -0.25) is 0 Å². The van der Waals surface area contributed by atoms with E-state index in [9.17, 15) is 0 Å². The highest BCUT2D eigenvalue weighted by Crippen LogP contribution is 2.34. The number of halogens is 2. The highest BCUT2D eigenvalue weighted by atomic mass is 127. The highest BCUT2D eigenvalue weighted by Gasteiger charge is 2.11. The van der Waals surface area contributed by atoms with E-state index < -0.39 is 0 Å². The first-order chi connectivity index (χ1) is 8.65. The van der Waals surface area contributed by atoms with Crippen LogP contribution < -0.4 is 5.32 Å². The van der Waals surface area contributed by atoms with Crippen LogP contribution in [0.25, 0.3) is 10.4 Å². The van der Waals surface area contributed by atoms with E-state index in [2.05, 4.69) is 81.1 Å². The van der Waals surface area contributed by atoms with Crippen molar-refractivity contribution in [2.24, 2.45) is 0 Å². The highest BCUT2D eigenvalue weighted by molar-refractivity contribution is 14.1. The summed E-state index contributed by atoms with van der Waals surface area (Å²) >= 11 is 7.80. The molecule has 1 aromatic carbocycles. The van der Waals surface area contributed by atoms with Crippen LogP contribution in [0.4, 0.5) is 0 Å². The maximum absolute atomic E-state index is 3.59. The zero-order valence-corrected chi connectivity index (χ0v) is 14.9. The maximum atomic E-state index is 3.59. The largest absolute Gasteiger partial charge is 0.312 e. The van der Waals surface area contributed by atoms with Crippen molar-refractivity contribution >= 4 is 49.9 Å². The van der Waals surface area contributed by atoms with Crippen LogP contribution in [-0.4, -0.2) is 7.05 Å².